The molecule has 1 atom stereocenters. The zero-order valence-corrected chi connectivity index (χ0v) is 12.0. The zero-order valence-electron chi connectivity index (χ0n) is 12.0. The van der Waals surface area contributed by atoms with E-state index in [2.05, 4.69) is 0 Å². The molecule has 0 spiro atoms. The van der Waals surface area contributed by atoms with Crippen LogP contribution >= 0.6 is 0 Å². The number of carbonyl (C=O) groups is 2. The van der Waals surface area contributed by atoms with E-state index in [0.717, 1.165) is 10.9 Å². The van der Waals surface area contributed by atoms with E-state index in [9.17, 15) is 14.7 Å². The van der Waals surface area contributed by atoms with Crippen molar-refractivity contribution in [2.75, 3.05) is 13.1 Å². The molecule has 0 bridgehead atoms. The van der Waals surface area contributed by atoms with Crippen molar-refractivity contribution in [3.05, 3.63) is 35.6 Å². The van der Waals surface area contributed by atoms with Gasteiger partial charge in [0, 0.05) is 24.0 Å². The lowest BCUT2D eigenvalue weighted by atomic mass is 9.90. The Bertz CT molecular complexity index is 733. The van der Waals surface area contributed by atoms with Gasteiger partial charge < -0.3 is 14.4 Å². The Morgan fingerprint density at radius 1 is 1.33 bits per heavy atom. The summed E-state index contributed by atoms with van der Waals surface area (Å²) < 4.78 is 5.66. The molecule has 1 amide bonds. The number of aliphatic carboxylic acids is 1. The number of carbonyl (C=O) groups excluding carboxylic acids is 1. The molecule has 0 radical (unpaired) electrons. The van der Waals surface area contributed by atoms with Crippen molar-refractivity contribution < 1.29 is 19.1 Å². The molecule has 3 rings (SSSR count). The smallest absolute Gasteiger partial charge is 0.311 e. The number of furan rings is 1. The van der Waals surface area contributed by atoms with E-state index < -0.39 is 11.4 Å². The molecule has 21 heavy (non-hydrogen) atoms. The van der Waals surface area contributed by atoms with Gasteiger partial charge in [-0.25, -0.2) is 0 Å². The second-order valence-electron chi connectivity index (χ2n) is 5.89. The lowest BCUT2D eigenvalue weighted by Crippen LogP contribution is -2.34. The number of likely N-dealkylation sites (tertiary alicyclic amines) is 1. The molecule has 2 aromatic rings. The van der Waals surface area contributed by atoms with Crippen LogP contribution in [0.2, 0.25) is 0 Å². The predicted molar refractivity (Wildman–Crippen MR) is 77.2 cm³/mol. The van der Waals surface area contributed by atoms with Crippen LogP contribution in [0.15, 0.2) is 28.7 Å². The zero-order chi connectivity index (χ0) is 15.2. The van der Waals surface area contributed by atoms with Crippen LogP contribution in [0, 0.1) is 12.3 Å². The first-order valence-electron chi connectivity index (χ1n) is 6.93. The number of hydrogen-bond acceptors (Lipinski definition) is 3. The fraction of sp³-hybridized carbons (Fsp3) is 0.375. The van der Waals surface area contributed by atoms with Crippen molar-refractivity contribution in [2.45, 2.75) is 20.3 Å². The molecule has 1 saturated heterocycles. The first-order chi connectivity index (χ1) is 9.92. The maximum absolute atomic E-state index is 12.6. The Morgan fingerprint density at radius 2 is 2.05 bits per heavy atom. The SMILES string of the molecule is Cc1c(C(=O)N2CC[C@@](C)(C(=O)O)C2)oc2ccccc12. The highest BCUT2D eigenvalue weighted by Gasteiger charge is 2.43. The summed E-state index contributed by atoms with van der Waals surface area (Å²) in [6, 6.07) is 7.49. The lowest BCUT2D eigenvalue weighted by Gasteiger charge is -2.19. The van der Waals surface area contributed by atoms with Crippen LogP contribution in [0.25, 0.3) is 11.0 Å². The summed E-state index contributed by atoms with van der Waals surface area (Å²) >= 11 is 0. The molecule has 1 N–H and O–H groups in total. The highest BCUT2D eigenvalue weighted by atomic mass is 16.4. The number of benzene rings is 1. The van der Waals surface area contributed by atoms with Gasteiger partial charge in [-0.3, -0.25) is 9.59 Å². The Kier molecular flexibility index (Phi) is 3.01. The topological polar surface area (TPSA) is 70.8 Å². The van der Waals surface area contributed by atoms with Crippen LogP contribution in [-0.4, -0.2) is 35.0 Å². The predicted octanol–water partition coefficient (Wildman–Crippen LogP) is 2.68. The van der Waals surface area contributed by atoms with E-state index in [0.29, 0.717) is 24.3 Å². The summed E-state index contributed by atoms with van der Waals surface area (Å²) in [6.45, 7) is 4.19. The number of aryl methyl sites for hydroxylation is 1. The molecule has 1 aliphatic rings. The molecule has 1 aliphatic heterocycles. The minimum Gasteiger partial charge on any atom is -0.481 e. The number of carboxylic acids is 1. The summed E-state index contributed by atoms with van der Waals surface area (Å²) in [5.74, 6) is -0.779. The normalized spacial score (nSPS) is 21.9. The van der Waals surface area contributed by atoms with E-state index in [1.807, 2.05) is 31.2 Å². The Balaban J connectivity index is 1.92. The van der Waals surface area contributed by atoms with Crippen molar-refractivity contribution in [3.63, 3.8) is 0 Å². The molecule has 0 aliphatic carbocycles. The molecule has 0 saturated carbocycles. The Morgan fingerprint density at radius 3 is 2.67 bits per heavy atom. The van der Waals surface area contributed by atoms with Gasteiger partial charge in [-0.1, -0.05) is 18.2 Å². The minimum absolute atomic E-state index is 0.220. The second kappa shape index (κ2) is 4.62. The number of para-hydroxylation sites is 1. The standard InChI is InChI=1S/C16H17NO4/c1-10-11-5-3-4-6-12(11)21-13(10)14(18)17-8-7-16(2,9-17)15(19)20/h3-6H,7-9H2,1-2H3,(H,19,20)/t16-/m1/s1. The van der Waals surface area contributed by atoms with Gasteiger partial charge in [0.2, 0.25) is 0 Å². The monoisotopic (exact) mass is 287 g/mol. The molecule has 1 aromatic heterocycles. The van der Waals surface area contributed by atoms with Gasteiger partial charge >= 0.3 is 5.97 Å². The third kappa shape index (κ3) is 2.09. The van der Waals surface area contributed by atoms with Crippen molar-refractivity contribution in [2.24, 2.45) is 5.41 Å². The summed E-state index contributed by atoms with van der Waals surface area (Å²) in [5, 5.41) is 10.2. The van der Waals surface area contributed by atoms with E-state index in [1.54, 1.807) is 11.8 Å². The molecule has 110 valence electrons. The van der Waals surface area contributed by atoms with Crippen LogP contribution < -0.4 is 0 Å². The van der Waals surface area contributed by atoms with E-state index in [4.69, 9.17) is 4.42 Å². The lowest BCUT2D eigenvalue weighted by molar-refractivity contribution is -0.147. The Labute approximate surface area is 122 Å². The van der Waals surface area contributed by atoms with E-state index in [1.165, 1.54) is 0 Å². The summed E-state index contributed by atoms with van der Waals surface area (Å²) in [4.78, 5) is 25.4. The molecule has 5 nitrogen and oxygen atoms in total. The number of carboxylic acid groups (broad SMARTS) is 1. The van der Waals surface area contributed by atoms with Crippen LogP contribution in [0.5, 0.6) is 0 Å². The van der Waals surface area contributed by atoms with Crippen LogP contribution in [0.1, 0.15) is 29.5 Å². The fourth-order valence-electron chi connectivity index (χ4n) is 2.83. The Hall–Kier alpha value is -2.30. The number of fused-ring (bicyclic) bond motifs is 1. The van der Waals surface area contributed by atoms with Crippen molar-refractivity contribution in [1.82, 2.24) is 4.90 Å². The minimum atomic E-state index is -0.865. The van der Waals surface area contributed by atoms with Gasteiger partial charge in [-0.15, -0.1) is 0 Å². The summed E-state index contributed by atoms with van der Waals surface area (Å²) in [5.41, 5.74) is 0.619. The van der Waals surface area contributed by atoms with E-state index >= 15 is 0 Å². The maximum Gasteiger partial charge on any atom is 0.311 e. The van der Waals surface area contributed by atoms with Gasteiger partial charge in [0.05, 0.1) is 5.41 Å². The van der Waals surface area contributed by atoms with Crippen molar-refractivity contribution in [3.8, 4) is 0 Å². The molecule has 2 heterocycles. The summed E-state index contributed by atoms with van der Waals surface area (Å²) in [7, 11) is 0. The van der Waals surface area contributed by atoms with Crippen LogP contribution in [-0.2, 0) is 4.79 Å². The quantitative estimate of drug-likeness (QED) is 0.921. The van der Waals surface area contributed by atoms with Crippen LogP contribution in [0.4, 0.5) is 0 Å². The maximum atomic E-state index is 12.6. The molecule has 1 fully saturated rings. The first kappa shape index (κ1) is 13.7. The van der Waals surface area contributed by atoms with Crippen molar-refractivity contribution >= 4 is 22.8 Å². The number of nitrogens with zero attached hydrogens (tertiary/aromatic N) is 1. The average molecular weight is 287 g/mol. The van der Waals surface area contributed by atoms with Gasteiger partial charge in [-0.05, 0) is 26.3 Å². The van der Waals surface area contributed by atoms with Gasteiger partial charge in [0.15, 0.2) is 5.76 Å². The summed E-state index contributed by atoms with van der Waals surface area (Å²) in [6.07, 6.45) is 0.466. The van der Waals surface area contributed by atoms with Gasteiger partial charge in [0.25, 0.3) is 5.91 Å². The number of amides is 1. The number of hydrogen-bond donors (Lipinski definition) is 1. The molecule has 1 aromatic carbocycles. The highest BCUT2D eigenvalue weighted by molar-refractivity contribution is 5.99. The first-order valence-corrected chi connectivity index (χ1v) is 6.93. The molecular formula is C16H17NO4. The van der Waals surface area contributed by atoms with Gasteiger partial charge in [-0.2, -0.15) is 0 Å². The molecular weight excluding hydrogens is 270 g/mol. The number of rotatable bonds is 2. The highest BCUT2D eigenvalue weighted by Crippen LogP contribution is 2.33. The van der Waals surface area contributed by atoms with E-state index in [-0.39, 0.29) is 12.5 Å². The molecule has 5 heteroatoms. The average Bonchev–Trinajstić information content (AvgIpc) is 3.01. The van der Waals surface area contributed by atoms with Crippen LogP contribution in [0.3, 0.4) is 0 Å². The third-order valence-corrected chi connectivity index (χ3v) is 4.31. The fourth-order valence-corrected chi connectivity index (χ4v) is 2.83. The third-order valence-electron chi connectivity index (χ3n) is 4.31. The second-order valence-corrected chi connectivity index (χ2v) is 5.89. The van der Waals surface area contributed by atoms with Gasteiger partial charge in [0.1, 0.15) is 5.58 Å². The molecule has 0 unspecified atom stereocenters. The van der Waals surface area contributed by atoms with Crippen molar-refractivity contribution in [1.29, 1.82) is 0 Å². The largest absolute Gasteiger partial charge is 0.481 e.